The average Bonchev–Trinajstić information content (AvgIpc) is 3.29. The van der Waals surface area contributed by atoms with Crippen LogP contribution in [0.25, 0.3) is 0 Å². The second kappa shape index (κ2) is 13.9. The Morgan fingerprint density at radius 1 is 1.33 bits per heavy atom. The highest BCUT2D eigenvalue weighted by atomic mass is 33.1. The summed E-state index contributed by atoms with van der Waals surface area (Å²) in [6.07, 6.45) is -3.90. The zero-order valence-corrected chi connectivity index (χ0v) is 22.4. The molecule has 2 heterocycles. The molecule has 0 saturated carbocycles. The Morgan fingerprint density at radius 3 is 2.69 bits per heavy atom. The normalized spacial score (nSPS) is 19.6. The predicted molar refractivity (Wildman–Crippen MR) is 140 cm³/mol. The average molecular weight is 587 g/mol. The number of hydrogen-bond donors (Lipinski definition) is 3. The monoisotopic (exact) mass is 586 g/mol. The summed E-state index contributed by atoms with van der Waals surface area (Å²) in [4.78, 5) is 40.6. The number of carbonyl (C=O) groups is 2. The number of anilines is 1. The fourth-order valence-corrected chi connectivity index (χ4v) is 4.99. The Balaban J connectivity index is 1.90. The summed E-state index contributed by atoms with van der Waals surface area (Å²) in [6.45, 7) is 0.819. The molecule has 2 amide bonds. The number of amides is 2. The van der Waals surface area contributed by atoms with Gasteiger partial charge in [0.25, 0.3) is 5.91 Å². The van der Waals surface area contributed by atoms with Gasteiger partial charge in [-0.15, -0.1) is 0 Å². The number of carbonyl (C=O) groups excluding carboxylic acids is 2. The molecule has 0 bridgehead atoms. The Kier molecular flexibility index (Phi) is 10.8. The van der Waals surface area contributed by atoms with E-state index in [0.717, 1.165) is 4.57 Å². The molecule has 1 aromatic carbocycles. The van der Waals surface area contributed by atoms with Crippen molar-refractivity contribution in [3.05, 3.63) is 58.1 Å². The number of rotatable bonds is 9. The van der Waals surface area contributed by atoms with Gasteiger partial charge < -0.3 is 25.2 Å². The summed E-state index contributed by atoms with van der Waals surface area (Å²) >= 11 is 0. The SMILES string of the molecule is CSS[C@@H](C)OC1C[C@H](n2cc(C#CCNC(=O)C(F)(F)F)c(NC(=O)c3ccccc3)nc2=O)O[C@@H]1CO. The molecule has 3 N–H and O–H groups in total. The van der Waals surface area contributed by atoms with E-state index in [1.165, 1.54) is 39.9 Å². The predicted octanol–water partition coefficient (Wildman–Crippen LogP) is 2.55. The first-order valence-corrected chi connectivity index (χ1v) is 14.1. The lowest BCUT2D eigenvalue weighted by Crippen LogP contribution is -2.36. The summed E-state index contributed by atoms with van der Waals surface area (Å²) in [5.41, 5.74) is -0.773. The third kappa shape index (κ3) is 8.48. The van der Waals surface area contributed by atoms with Crippen LogP contribution in [0.2, 0.25) is 0 Å². The van der Waals surface area contributed by atoms with Crippen molar-refractivity contribution in [2.45, 2.75) is 43.4 Å². The highest BCUT2D eigenvalue weighted by molar-refractivity contribution is 8.76. The van der Waals surface area contributed by atoms with Crippen LogP contribution in [0.4, 0.5) is 19.0 Å². The number of nitrogens with one attached hydrogen (secondary N) is 2. The molecule has 1 aliphatic rings. The van der Waals surface area contributed by atoms with Crippen LogP contribution in [0.3, 0.4) is 0 Å². The maximum Gasteiger partial charge on any atom is 0.471 e. The maximum atomic E-state index is 12.9. The van der Waals surface area contributed by atoms with Crippen LogP contribution >= 0.6 is 21.6 Å². The van der Waals surface area contributed by atoms with E-state index in [9.17, 15) is 32.7 Å². The topological polar surface area (TPSA) is 132 Å². The van der Waals surface area contributed by atoms with Gasteiger partial charge in [0.05, 0.1) is 24.8 Å². The molecule has 4 atom stereocenters. The second-order valence-electron chi connectivity index (χ2n) is 8.05. The molecular formula is C24H25F3N4O6S2. The molecule has 2 aromatic rings. The second-order valence-corrected chi connectivity index (χ2v) is 10.8. The Morgan fingerprint density at radius 2 is 2.05 bits per heavy atom. The molecule has 1 aliphatic heterocycles. The van der Waals surface area contributed by atoms with E-state index in [4.69, 9.17) is 9.47 Å². The van der Waals surface area contributed by atoms with Crippen LogP contribution < -0.4 is 16.3 Å². The number of aliphatic hydroxyl groups is 1. The highest BCUT2D eigenvalue weighted by Gasteiger charge is 2.39. The number of ether oxygens (including phenoxy) is 2. The standard InChI is InChI=1S/C24H25F3N4O6S2/c1-14(39-38-2)36-17-11-19(37-18(17)13-32)31-12-16(9-6-10-28-22(34)24(25,26)27)20(30-23(31)35)29-21(33)15-7-4-3-5-8-15/h3-5,7-8,12,14,17-19,32H,10-11,13H2,1-2H3,(H,28,34)(H,29,30,33,35)/t14-,17?,18+,19+/m0/s1. The molecule has 0 aliphatic carbocycles. The lowest BCUT2D eigenvalue weighted by atomic mass is 10.2. The van der Waals surface area contributed by atoms with E-state index in [-0.39, 0.29) is 35.4 Å². The molecule has 15 heteroatoms. The van der Waals surface area contributed by atoms with Crippen LogP contribution in [-0.4, -0.2) is 69.7 Å². The highest BCUT2D eigenvalue weighted by Crippen LogP contribution is 2.34. The van der Waals surface area contributed by atoms with E-state index < -0.39 is 48.7 Å². The van der Waals surface area contributed by atoms with Gasteiger partial charge in [-0.25, -0.2) is 4.79 Å². The van der Waals surface area contributed by atoms with Gasteiger partial charge in [-0.3, -0.25) is 14.2 Å². The number of hydrogen-bond acceptors (Lipinski definition) is 9. The van der Waals surface area contributed by atoms with Gasteiger partial charge in [0.1, 0.15) is 17.8 Å². The molecule has 0 radical (unpaired) electrons. The van der Waals surface area contributed by atoms with E-state index in [1.54, 1.807) is 23.5 Å². The molecule has 1 unspecified atom stereocenters. The van der Waals surface area contributed by atoms with Crippen LogP contribution in [0.15, 0.2) is 41.3 Å². The third-order valence-corrected chi connectivity index (χ3v) is 7.27. The van der Waals surface area contributed by atoms with Crippen molar-refractivity contribution >= 4 is 39.2 Å². The van der Waals surface area contributed by atoms with Crippen molar-refractivity contribution in [3.8, 4) is 11.8 Å². The third-order valence-electron chi connectivity index (χ3n) is 5.31. The molecule has 210 valence electrons. The zero-order chi connectivity index (χ0) is 28.6. The quantitative estimate of drug-likeness (QED) is 0.230. The Hall–Kier alpha value is -3.03. The van der Waals surface area contributed by atoms with Crippen molar-refractivity contribution < 1.29 is 37.3 Å². The number of halogens is 3. The van der Waals surface area contributed by atoms with Crippen molar-refractivity contribution in [2.24, 2.45) is 0 Å². The van der Waals surface area contributed by atoms with E-state index in [0.29, 0.717) is 0 Å². The van der Waals surface area contributed by atoms with Crippen LogP contribution in [0, 0.1) is 11.8 Å². The number of aliphatic hydroxyl groups excluding tert-OH is 1. The van der Waals surface area contributed by atoms with Crippen molar-refractivity contribution in [3.63, 3.8) is 0 Å². The Labute approximate surface area is 229 Å². The van der Waals surface area contributed by atoms with Gasteiger partial charge in [0.15, 0.2) is 5.82 Å². The number of nitrogens with zero attached hydrogens (tertiary/aromatic N) is 2. The number of benzene rings is 1. The molecule has 39 heavy (non-hydrogen) atoms. The van der Waals surface area contributed by atoms with E-state index in [1.807, 2.05) is 13.2 Å². The van der Waals surface area contributed by atoms with Crippen LogP contribution in [-0.2, 0) is 14.3 Å². The lowest BCUT2D eigenvalue weighted by Gasteiger charge is -2.20. The van der Waals surface area contributed by atoms with Crippen LogP contribution in [0.1, 0.15) is 35.5 Å². The molecule has 3 rings (SSSR count). The molecule has 1 saturated heterocycles. The summed E-state index contributed by atoms with van der Waals surface area (Å²) in [7, 11) is 2.98. The molecule has 1 fully saturated rings. The molecule has 10 nitrogen and oxygen atoms in total. The summed E-state index contributed by atoms with van der Waals surface area (Å²) in [5.74, 6) is 1.92. The summed E-state index contributed by atoms with van der Waals surface area (Å²) in [6, 6.07) is 8.05. The first-order valence-electron chi connectivity index (χ1n) is 11.5. The minimum atomic E-state index is -5.07. The van der Waals surface area contributed by atoms with Crippen molar-refractivity contribution in [2.75, 3.05) is 24.7 Å². The number of aromatic nitrogens is 2. The lowest BCUT2D eigenvalue weighted by molar-refractivity contribution is -0.173. The van der Waals surface area contributed by atoms with Gasteiger partial charge in [-0.2, -0.15) is 18.2 Å². The fourth-order valence-electron chi connectivity index (χ4n) is 3.58. The fraction of sp³-hybridized carbons (Fsp3) is 0.417. The maximum absolute atomic E-state index is 12.9. The minimum absolute atomic E-state index is 0.0139. The summed E-state index contributed by atoms with van der Waals surface area (Å²) in [5, 5.41) is 13.9. The smallest absolute Gasteiger partial charge is 0.394 e. The molecule has 1 aromatic heterocycles. The minimum Gasteiger partial charge on any atom is -0.394 e. The van der Waals surface area contributed by atoms with Gasteiger partial charge in [-0.1, -0.05) is 51.6 Å². The zero-order valence-electron chi connectivity index (χ0n) is 20.7. The van der Waals surface area contributed by atoms with Crippen molar-refractivity contribution in [1.82, 2.24) is 14.9 Å². The first kappa shape index (κ1) is 30.5. The first-order chi connectivity index (χ1) is 18.5. The van der Waals surface area contributed by atoms with E-state index >= 15 is 0 Å². The molecular weight excluding hydrogens is 561 g/mol. The van der Waals surface area contributed by atoms with E-state index in [2.05, 4.69) is 22.1 Å². The van der Waals surface area contributed by atoms with Gasteiger partial charge in [-0.05, 0) is 25.3 Å². The van der Waals surface area contributed by atoms with Crippen LogP contribution in [0.5, 0.6) is 0 Å². The Bertz CT molecular complexity index is 1280. The summed E-state index contributed by atoms with van der Waals surface area (Å²) < 4.78 is 50.2. The number of alkyl halides is 3. The van der Waals surface area contributed by atoms with Gasteiger partial charge >= 0.3 is 17.8 Å². The largest absolute Gasteiger partial charge is 0.471 e. The van der Waals surface area contributed by atoms with Gasteiger partial charge in [0.2, 0.25) is 0 Å². The van der Waals surface area contributed by atoms with Crippen molar-refractivity contribution in [1.29, 1.82) is 0 Å². The van der Waals surface area contributed by atoms with Gasteiger partial charge in [0, 0.05) is 18.2 Å². The molecule has 0 spiro atoms.